The molecule has 0 aromatic carbocycles. The lowest BCUT2D eigenvalue weighted by Gasteiger charge is -2.13. The van der Waals surface area contributed by atoms with E-state index in [2.05, 4.69) is 37.5 Å². The molecule has 5 nitrogen and oxygen atoms in total. The van der Waals surface area contributed by atoms with Gasteiger partial charge >= 0.3 is 0 Å². The number of ether oxygens (including phenoxy) is 2. The predicted octanol–water partition coefficient (Wildman–Crippen LogP) is 2.47. The molecule has 0 amide bonds. The number of halogens is 1. The first-order chi connectivity index (χ1) is 9.15. The molecule has 0 spiro atoms. The molecule has 0 saturated carbocycles. The van der Waals surface area contributed by atoms with E-state index in [1.807, 2.05) is 12.1 Å². The molecule has 0 radical (unpaired) electrons. The van der Waals surface area contributed by atoms with Crippen molar-refractivity contribution in [3.63, 3.8) is 0 Å². The molecule has 0 saturated heterocycles. The van der Waals surface area contributed by atoms with Crippen LogP contribution in [0.1, 0.15) is 5.69 Å². The number of hydrogen-bond donors (Lipinski definition) is 0. The minimum atomic E-state index is -0.579. The van der Waals surface area contributed by atoms with Crippen molar-refractivity contribution in [1.29, 1.82) is 0 Å². The average molecular weight is 326 g/mol. The molecule has 0 atom stereocenters. The number of nitrogens with zero attached hydrogens (tertiary/aromatic N) is 3. The fraction of sp³-hybridized carbons (Fsp3) is 0.308. The fourth-order valence-electron chi connectivity index (χ4n) is 1.38. The molecule has 0 aliphatic carbocycles. The third kappa shape index (κ3) is 4.34. The summed E-state index contributed by atoms with van der Waals surface area (Å²) in [4.78, 5) is 12.7. The Labute approximate surface area is 121 Å². The summed E-state index contributed by atoms with van der Waals surface area (Å²) in [6.45, 7) is 3.70. The van der Waals surface area contributed by atoms with Crippen LogP contribution in [0, 0.1) is 0 Å². The van der Waals surface area contributed by atoms with Crippen LogP contribution in [-0.2, 0) is 9.47 Å². The third-order valence-electron chi connectivity index (χ3n) is 2.28. The molecule has 0 aliphatic heterocycles. The Hall–Kier alpha value is -1.37. The first-order valence-electron chi connectivity index (χ1n) is 5.51. The molecule has 0 bridgehead atoms. The number of aromatic nitrogens is 1. The molecule has 1 rings (SSSR count). The molecular weight excluding hydrogens is 310 g/mol. The summed E-state index contributed by atoms with van der Waals surface area (Å²) in [5, 5.41) is 0. The first kappa shape index (κ1) is 15.7. The molecule has 102 valence electrons. The topological polar surface area (TPSA) is 56.1 Å². The molecule has 0 aliphatic rings. The molecule has 0 unspecified atom stereocenters. The lowest BCUT2D eigenvalue weighted by atomic mass is 10.3. The summed E-state index contributed by atoms with van der Waals surface area (Å²) >= 11 is 3.33. The zero-order chi connectivity index (χ0) is 14.3. The van der Waals surface area contributed by atoms with Crippen molar-refractivity contribution in [3.05, 3.63) is 41.2 Å². The van der Waals surface area contributed by atoms with Gasteiger partial charge in [-0.15, -0.1) is 0 Å². The molecule has 1 heterocycles. The summed E-state index contributed by atoms with van der Waals surface area (Å²) in [6.07, 6.45) is 2.68. The maximum absolute atomic E-state index is 5.15. The Morgan fingerprint density at radius 2 is 2.11 bits per heavy atom. The van der Waals surface area contributed by atoms with Crippen LogP contribution in [0.5, 0.6) is 0 Å². The molecule has 1 aromatic rings. The fourth-order valence-corrected chi connectivity index (χ4v) is 1.62. The highest BCUT2D eigenvalue weighted by Gasteiger charge is 2.13. The highest BCUT2D eigenvalue weighted by molar-refractivity contribution is 9.10. The SMILES string of the molecule is C=CC(=NC(=NC)c1ccc(Br)cn1)C(OC)OC. The molecular formula is C13H16BrN3O2. The van der Waals surface area contributed by atoms with Gasteiger partial charge in [-0.3, -0.25) is 9.98 Å². The number of pyridine rings is 1. The van der Waals surface area contributed by atoms with Crippen molar-refractivity contribution in [2.75, 3.05) is 21.3 Å². The van der Waals surface area contributed by atoms with Crippen LogP contribution in [0.2, 0.25) is 0 Å². The van der Waals surface area contributed by atoms with Crippen LogP contribution in [0.4, 0.5) is 0 Å². The van der Waals surface area contributed by atoms with Crippen LogP contribution in [-0.4, -0.2) is 44.1 Å². The van der Waals surface area contributed by atoms with E-state index in [-0.39, 0.29) is 0 Å². The van der Waals surface area contributed by atoms with E-state index >= 15 is 0 Å². The Kier molecular flexibility index (Phi) is 6.55. The van der Waals surface area contributed by atoms with Gasteiger partial charge in [-0.1, -0.05) is 6.58 Å². The van der Waals surface area contributed by atoms with Crippen LogP contribution in [0.3, 0.4) is 0 Å². The summed E-state index contributed by atoms with van der Waals surface area (Å²) in [5.41, 5.74) is 1.20. The van der Waals surface area contributed by atoms with E-state index in [0.29, 0.717) is 17.2 Å². The van der Waals surface area contributed by atoms with Gasteiger partial charge in [0.1, 0.15) is 5.69 Å². The van der Waals surface area contributed by atoms with Crippen molar-refractivity contribution in [1.82, 2.24) is 4.98 Å². The van der Waals surface area contributed by atoms with Gasteiger partial charge in [-0.2, -0.15) is 0 Å². The Morgan fingerprint density at radius 3 is 2.53 bits per heavy atom. The molecule has 19 heavy (non-hydrogen) atoms. The highest BCUT2D eigenvalue weighted by Crippen LogP contribution is 2.09. The first-order valence-corrected chi connectivity index (χ1v) is 6.30. The smallest absolute Gasteiger partial charge is 0.200 e. The van der Waals surface area contributed by atoms with Crippen molar-refractivity contribution < 1.29 is 9.47 Å². The van der Waals surface area contributed by atoms with E-state index in [1.165, 1.54) is 14.2 Å². The molecule has 0 fully saturated rings. The van der Waals surface area contributed by atoms with Gasteiger partial charge in [0.25, 0.3) is 0 Å². The Morgan fingerprint density at radius 1 is 1.42 bits per heavy atom. The lowest BCUT2D eigenvalue weighted by Crippen LogP contribution is -2.24. The van der Waals surface area contributed by atoms with E-state index < -0.39 is 6.29 Å². The van der Waals surface area contributed by atoms with E-state index in [0.717, 1.165) is 4.47 Å². The minimum absolute atomic E-state index is 0.488. The summed E-state index contributed by atoms with van der Waals surface area (Å²) in [6, 6.07) is 3.70. The third-order valence-corrected chi connectivity index (χ3v) is 2.75. The lowest BCUT2D eigenvalue weighted by molar-refractivity contribution is -0.0511. The summed E-state index contributed by atoms with van der Waals surface area (Å²) < 4.78 is 11.2. The van der Waals surface area contributed by atoms with Gasteiger partial charge in [-0.05, 0) is 34.1 Å². The van der Waals surface area contributed by atoms with Crippen molar-refractivity contribution in [2.45, 2.75) is 6.29 Å². The van der Waals surface area contributed by atoms with Gasteiger partial charge in [0.2, 0.25) is 6.29 Å². The Bertz CT molecular complexity index is 479. The number of hydrogen-bond acceptors (Lipinski definition) is 4. The van der Waals surface area contributed by atoms with E-state index in [4.69, 9.17) is 9.47 Å². The zero-order valence-corrected chi connectivity index (χ0v) is 12.7. The maximum Gasteiger partial charge on any atom is 0.200 e. The quantitative estimate of drug-likeness (QED) is 0.474. The van der Waals surface area contributed by atoms with Gasteiger partial charge in [0, 0.05) is 31.9 Å². The van der Waals surface area contributed by atoms with E-state index in [1.54, 1.807) is 19.3 Å². The second kappa shape index (κ2) is 7.93. The van der Waals surface area contributed by atoms with Crippen molar-refractivity contribution in [2.24, 2.45) is 9.98 Å². The van der Waals surface area contributed by atoms with Crippen molar-refractivity contribution in [3.8, 4) is 0 Å². The van der Waals surface area contributed by atoms with Crippen LogP contribution in [0.15, 0.2) is 45.4 Å². The zero-order valence-electron chi connectivity index (χ0n) is 11.1. The van der Waals surface area contributed by atoms with Crippen LogP contribution < -0.4 is 0 Å². The van der Waals surface area contributed by atoms with Gasteiger partial charge in [0.05, 0.1) is 5.71 Å². The highest BCUT2D eigenvalue weighted by atomic mass is 79.9. The van der Waals surface area contributed by atoms with Crippen LogP contribution >= 0.6 is 15.9 Å². The largest absolute Gasteiger partial charge is 0.350 e. The number of rotatable bonds is 5. The van der Waals surface area contributed by atoms with Crippen LogP contribution in [0.25, 0.3) is 0 Å². The summed E-state index contributed by atoms with van der Waals surface area (Å²) in [7, 11) is 4.72. The minimum Gasteiger partial charge on any atom is -0.350 e. The second-order valence-corrected chi connectivity index (χ2v) is 4.37. The average Bonchev–Trinajstić information content (AvgIpc) is 2.45. The van der Waals surface area contributed by atoms with E-state index in [9.17, 15) is 0 Å². The van der Waals surface area contributed by atoms with Gasteiger partial charge in [0.15, 0.2) is 5.84 Å². The monoisotopic (exact) mass is 325 g/mol. The summed E-state index contributed by atoms with van der Waals surface area (Å²) in [5.74, 6) is 0.488. The molecule has 6 heteroatoms. The predicted molar refractivity (Wildman–Crippen MR) is 79.8 cm³/mol. The molecule has 1 aromatic heterocycles. The maximum atomic E-state index is 5.15. The second-order valence-electron chi connectivity index (χ2n) is 3.45. The van der Waals surface area contributed by atoms with Gasteiger partial charge < -0.3 is 9.47 Å². The number of amidine groups is 1. The molecule has 0 N–H and O–H groups in total. The standard InChI is InChI=1S/C13H16BrN3O2/c1-5-10(13(18-3)19-4)17-12(15-2)11-7-6-9(14)8-16-11/h5-8,13H,1H2,2-4H3. The number of methoxy groups -OCH3 is 2. The van der Waals surface area contributed by atoms with Gasteiger partial charge in [-0.25, -0.2) is 4.99 Å². The Balaban J connectivity index is 3.09. The number of aliphatic imine (C=N–C) groups is 2. The normalized spacial score (nSPS) is 12.9. The van der Waals surface area contributed by atoms with Crippen molar-refractivity contribution >= 4 is 27.5 Å².